The van der Waals surface area contributed by atoms with E-state index in [0.717, 1.165) is 30.8 Å². The van der Waals surface area contributed by atoms with Gasteiger partial charge in [0.2, 0.25) is 0 Å². The number of hydrogen-bond acceptors (Lipinski definition) is 3. The summed E-state index contributed by atoms with van der Waals surface area (Å²) in [5.74, 6) is 1.19. The lowest BCUT2D eigenvalue weighted by molar-refractivity contribution is 0.381. The maximum atomic E-state index is 13.4. The summed E-state index contributed by atoms with van der Waals surface area (Å²) in [6.45, 7) is 2.14. The molecule has 2 atom stereocenters. The van der Waals surface area contributed by atoms with Crippen LogP contribution in [0.25, 0.3) is 0 Å². The maximum absolute atomic E-state index is 13.4. The third-order valence-corrected chi connectivity index (χ3v) is 3.65. The molecule has 0 saturated carbocycles. The van der Waals surface area contributed by atoms with Crippen LogP contribution in [0.5, 0.6) is 5.75 Å². The third-order valence-electron chi connectivity index (χ3n) is 3.65. The zero-order chi connectivity index (χ0) is 13.0. The molecular formula is C14H21FN2O. The van der Waals surface area contributed by atoms with Crippen LogP contribution >= 0.6 is 0 Å². The Bertz CT molecular complexity index is 391. The highest BCUT2D eigenvalue weighted by atomic mass is 19.1. The van der Waals surface area contributed by atoms with Crippen molar-refractivity contribution in [2.45, 2.75) is 18.9 Å². The van der Waals surface area contributed by atoms with Gasteiger partial charge in [-0.1, -0.05) is 0 Å². The summed E-state index contributed by atoms with van der Waals surface area (Å²) in [7, 11) is 3.54. The minimum atomic E-state index is -0.212. The standard InChI is InChI=1S/C14H21FN2O/c1-16-13(7-10-5-6-17-9-10)12-8-11(15)3-4-14(12)18-2/h3-4,8,10,13,16-17H,5-7,9H2,1-2H3. The van der Waals surface area contributed by atoms with Gasteiger partial charge in [0.15, 0.2) is 0 Å². The summed E-state index contributed by atoms with van der Waals surface area (Å²) >= 11 is 0. The molecule has 0 amide bonds. The zero-order valence-electron chi connectivity index (χ0n) is 11.0. The molecule has 1 saturated heterocycles. The Balaban J connectivity index is 2.17. The predicted octanol–water partition coefficient (Wildman–Crippen LogP) is 2.09. The number of hydrogen-bond donors (Lipinski definition) is 2. The van der Waals surface area contributed by atoms with E-state index >= 15 is 0 Å². The van der Waals surface area contributed by atoms with E-state index in [1.54, 1.807) is 19.2 Å². The SMILES string of the molecule is CNC(CC1CCNC1)c1cc(F)ccc1OC. The minimum Gasteiger partial charge on any atom is -0.496 e. The van der Waals surface area contributed by atoms with Gasteiger partial charge in [0, 0.05) is 11.6 Å². The fourth-order valence-electron chi connectivity index (χ4n) is 2.63. The molecule has 0 aliphatic carbocycles. The van der Waals surface area contributed by atoms with Crippen molar-refractivity contribution >= 4 is 0 Å². The number of rotatable bonds is 5. The first-order chi connectivity index (χ1) is 8.74. The molecule has 3 nitrogen and oxygen atoms in total. The first kappa shape index (κ1) is 13.3. The summed E-state index contributed by atoms with van der Waals surface area (Å²) in [6.07, 6.45) is 2.19. The van der Waals surface area contributed by atoms with Crippen molar-refractivity contribution in [3.63, 3.8) is 0 Å². The highest BCUT2D eigenvalue weighted by molar-refractivity contribution is 5.36. The Kier molecular flexibility index (Phi) is 4.55. The molecule has 1 fully saturated rings. The molecule has 1 heterocycles. The largest absolute Gasteiger partial charge is 0.496 e. The molecule has 0 spiro atoms. The van der Waals surface area contributed by atoms with Gasteiger partial charge in [-0.3, -0.25) is 0 Å². The van der Waals surface area contributed by atoms with Crippen molar-refractivity contribution in [1.82, 2.24) is 10.6 Å². The molecule has 1 aromatic carbocycles. The highest BCUT2D eigenvalue weighted by Crippen LogP contribution is 2.31. The van der Waals surface area contributed by atoms with Gasteiger partial charge in [-0.05, 0) is 57.1 Å². The lowest BCUT2D eigenvalue weighted by Gasteiger charge is -2.22. The lowest BCUT2D eigenvalue weighted by Crippen LogP contribution is -2.22. The van der Waals surface area contributed by atoms with Gasteiger partial charge < -0.3 is 15.4 Å². The Morgan fingerprint density at radius 1 is 1.56 bits per heavy atom. The molecule has 2 N–H and O–H groups in total. The van der Waals surface area contributed by atoms with Crippen molar-refractivity contribution in [3.8, 4) is 5.75 Å². The van der Waals surface area contributed by atoms with E-state index in [0.29, 0.717) is 5.92 Å². The molecule has 1 aliphatic rings. The van der Waals surface area contributed by atoms with E-state index in [-0.39, 0.29) is 11.9 Å². The van der Waals surface area contributed by atoms with Crippen LogP contribution in [0.1, 0.15) is 24.4 Å². The van der Waals surface area contributed by atoms with Gasteiger partial charge in [0.1, 0.15) is 11.6 Å². The summed E-state index contributed by atoms with van der Waals surface area (Å²) < 4.78 is 18.7. The van der Waals surface area contributed by atoms with E-state index in [1.807, 2.05) is 7.05 Å². The smallest absolute Gasteiger partial charge is 0.123 e. The Morgan fingerprint density at radius 3 is 3.00 bits per heavy atom. The summed E-state index contributed by atoms with van der Waals surface area (Å²) in [5.41, 5.74) is 0.909. The van der Waals surface area contributed by atoms with E-state index < -0.39 is 0 Å². The fraction of sp³-hybridized carbons (Fsp3) is 0.571. The number of nitrogens with one attached hydrogen (secondary N) is 2. The molecule has 4 heteroatoms. The molecule has 1 aromatic rings. The number of methoxy groups -OCH3 is 1. The topological polar surface area (TPSA) is 33.3 Å². The fourth-order valence-corrected chi connectivity index (χ4v) is 2.63. The quantitative estimate of drug-likeness (QED) is 0.842. The van der Waals surface area contributed by atoms with Gasteiger partial charge in [0.05, 0.1) is 7.11 Å². The van der Waals surface area contributed by atoms with Crippen LogP contribution < -0.4 is 15.4 Å². The molecule has 0 radical (unpaired) electrons. The van der Waals surface area contributed by atoms with Crippen molar-refractivity contribution in [1.29, 1.82) is 0 Å². The molecule has 2 unspecified atom stereocenters. The molecular weight excluding hydrogens is 231 g/mol. The molecule has 100 valence electrons. The van der Waals surface area contributed by atoms with E-state index in [4.69, 9.17) is 4.74 Å². The number of ether oxygens (including phenoxy) is 1. The van der Waals surface area contributed by atoms with Crippen LogP contribution in [-0.2, 0) is 0 Å². The average Bonchev–Trinajstić information content (AvgIpc) is 2.88. The van der Waals surface area contributed by atoms with Crippen LogP contribution in [0.2, 0.25) is 0 Å². The van der Waals surface area contributed by atoms with Crippen molar-refractivity contribution in [3.05, 3.63) is 29.6 Å². The normalized spacial score (nSPS) is 20.9. The van der Waals surface area contributed by atoms with Crippen LogP contribution in [0, 0.1) is 11.7 Å². The van der Waals surface area contributed by atoms with Gasteiger partial charge in [-0.2, -0.15) is 0 Å². The second kappa shape index (κ2) is 6.16. The van der Waals surface area contributed by atoms with Crippen molar-refractivity contribution in [2.75, 3.05) is 27.2 Å². The molecule has 0 bridgehead atoms. The highest BCUT2D eigenvalue weighted by Gasteiger charge is 2.22. The molecule has 0 aromatic heterocycles. The van der Waals surface area contributed by atoms with Gasteiger partial charge >= 0.3 is 0 Å². The van der Waals surface area contributed by atoms with E-state index in [1.165, 1.54) is 12.5 Å². The van der Waals surface area contributed by atoms with E-state index in [9.17, 15) is 4.39 Å². The van der Waals surface area contributed by atoms with Crippen LogP contribution in [0.4, 0.5) is 4.39 Å². The number of benzene rings is 1. The first-order valence-corrected chi connectivity index (χ1v) is 6.46. The molecule has 2 rings (SSSR count). The molecule has 18 heavy (non-hydrogen) atoms. The van der Waals surface area contributed by atoms with Crippen molar-refractivity contribution < 1.29 is 9.13 Å². The summed E-state index contributed by atoms with van der Waals surface area (Å²) in [4.78, 5) is 0. The average molecular weight is 252 g/mol. The minimum absolute atomic E-state index is 0.139. The Morgan fingerprint density at radius 2 is 2.39 bits per heavy atom. The lowest BCUT2D eigenvalue weighted by atomic mass is 9.93. The van der Waals surface area contributed by atoms with E-state index in [2.05, 4.69) is 10.6 Å². The predicted molar refractivity (Wildman–Crippen MR) is 70.3 cm³/mol. The zero-order valence-corrected chi connectivity index (χ0v) is 11.0. The second-order valence-corrected chi connectivity index (χ2v) is 4.82. The third kappa shape index (κ3) is 3.00. The molecule has 1 aliphatic heterocycles. The van der Waals surface area contributed by atoms with Crippen LogP contribution in [0.3, 0.4) is 0 Å². The first-order valence-electron chi connectivity index (χ1n) is 6.46. The summed E-state index contributed by atoms with van der Waals surface area (Å²) in [6, 6.07) is 4.84. The monoisotopic (exact) mass is 252 g/mol. The van der Waals surface area contributed by atoms with Gasteiger partial charge in [-0.15, -0.1) is 0 Å². The van der Waals surface area contributed by atoms with Crippen LogP contribution in [0.15, 0.2) is 18.2 Å². The Hall–Kier alpha value is -1.13. The maximum Gasteiger partial charge on any atom is 0.123 e. The number of halogens is 1. The Labute approximate surface area is 108 Å². The second-order valence-electron chi connectivity index (χ2n) is 4.82. The van der Waals surface area contributed by atoms with Gasteiger partial charge in [-0.25, -0.2) is 4.39 Å². The summed E-state index contributed by atoms with van der Waals surface area (Å²) in [5, 5.41) is 6.63. The van der Waals surface area contributed by atoms with Crippen molar-refractivity contribution in [2.24, 2.45) is 5.92 Å². The van der Waals surface area contributed by atoms with Crippen LogP contribution in [-0.4, -0.2) is 27.2 Å². The van der Waals surface area contributed by atoms with Gasteiger partial charge in [0.25, 0.3) is 0 Å².